The number of fused-ring (bicyclic) bond motifs is 1. The van der Waals surface area contributed by atoms with Gasteiger partial charge in [0.15, 0.2) is 0 Å². The van der Waals surface area contributed by atoms with Crippen molar-refractivity contribution in [1.82, 2.24) is 20.3 Å². The van der Waals surface area contributed by atoms with Gasteiger partial charge in [-0.3, -0.25) is 4.79 Å². The van der Waals surface area contributed by atoms with Gasteiger partial charge in [0.05, 0.1) is 5.52 Å². The van der Waals surface area contributed by atoms with E-state index in [4.69, 9.17) is 11.6 Å². The summed E-state index contributed by atoms with van der Waals surface area (Å²) in [5.41, 5.74) is 2.23. The molecular formula is C14H11ClN4O. The van der Waals surface area contributed by atoms with Crippen molar-refractivity contribution in [3.63, 3.8) is 0 Å². The van der Waals surface area contributed by atoms with Crippen LogP contribution in [0.4, 0.5) is 0 Å². The minimum absolute atomic E-state index is 0.179. The van der Waals surface area contributed by atoms with Crippen LogP contribution in [0.25, 0.3) is 11.0 Å². The van der Waals surface area contributed by atoms with Gasteiger partial charge in [0.2, 0.25) is 0 Å². The lowest BCUT2D eigenvalue weighted by Crippen LogP contribution is -2.26. The van der Waals surface area contributed by atoms with Gasteiger partial charge in [0, 0.05) is 10.6 Å². The standard InChI is InChI=1S/C14H11ClN4O/c15-11-7-5-10(6-8-11)14(20)16-9-19-13-4-2-1-3-12(13)17-18-19/h1-8H,9H2,(H,16,20). The van der Waals surface area contributed by atoms with Crippen LogP contribution in [0, 0.1) is 0 Å². The molecule has 1 amide bonds. The normalized spacial score (nSPS) is 10.7. The Labute approximate surface area is 120 Å². The average molecular weight is 287 g/mol. The van der Waals surface area contributed by atoms with Gasteiger partial charge < -0.3 is 5.32 Å². The molecule has 0 aliphatic rings. The Morgan fingerprint density at radius 3 is 2.70 bits per heavy atom. The van der Waals surface area contributed by atoms with Gasteiger partial charge in [0.1, 0.15) is 12.2 Å². The van der Waals surface area contributed by atoms with Crippen LogP contribution in [0.15, 0.2) is 48.5 Å². The Hall–Kier alpha value is -2.40. The fourth-order valence-electron chi connectivity index (χ4n) is 1.88. The number of amides is 1. The number of hydrogen-bond donors (Lipinski definition) is 1. The molecule has 3 rings (SSSR count). The molecule has 5 nitrogen and oxygen atoms in total. The quantitative estimate of drug-likeness (QED) is 0.804. The van der Waals surface area contributed by atoms with E-state index in [1.807, 2.05) is 24.3 Å². The molecule has 0 unspecified atom stereocenters. The number of aromatic nitrogens is 3. The van der Waals surface area contributed by atoms with Crippen LogP contribution < -0.4 is 5.32 Å². The Kier molecular flexibility index (Phi) is 3.35. The number of nitrogens with one attached hydrogen (secondary N) is 1. The molecule has 1 heterocycles. The second kappa shape index (κ2) is 5.30. The Morgan fingerprint density at radius 2 is 1.90 bits per heavy atom. The molecule has 0 fully saturated rings. The number of benzene rings is 2. The minimum atomic E-state index is -0.179. The van der Waals surface area contributed by atoms with Gasteiger partial charge >= 0.3 is 0 Å². The van der Waals surface area contributed by atoms with Crippen LogP contribution in [0.2, 0.25) is 5.02 Å². The predicted molar refractivity (Wildman–Crippen MR) is 76.4 cm³/mol. The summed E-state index contributed by atoms with van der Waals surface area (Å²) in [6.07, 6.45) is 0. The third kappa shape index (κ3) is 2.48. The SMILES string of the molecule is O=C(NCn1nnc2ccccc21)c1ccc(Cl)cc1. The van der Waals surface area contributed by atoms with E-state index in [9.17, 15) is 4.79 Å². The summed E-state index contributed by atoms with van der Waals surface area (Å²) in [5.74, 6) is -0.179. The summed E-state index contributed by atoms with van der Waals surface area (Å²) in [6.45, 7) is 0.266. The molecule has 0 saturated heterocycles. The van der Waals surface area contributed by atoms with Gasteiger partial charge in [0.25, 0.3) is 5.91 Å². The number of nitrogens with zero attached hydrogens (tertiary/aromatic N) is 3. The van der Waals surface area contributed by atoms with Crippen molar-refractivity contribution in [3.8, 4) is 0 Å². The van der Waals surface area contributed by atoms with E-state index in [1.54, 1.807) is 28.9 Å². The molecule has 6 heteroatoms. The van der Waals surface area contributed by atoms with Crippen LogP contribution >= 0.6 is 11.6 Å². The molecule has 0 spiro atoms. The van der Waals surface area contributed by atoms with Crippen molar-refractivity contribution in [2.45, 2.75) is 6.67 Å². The monoisotopic (exact) mass is 286 g/mol. The zero-order valence-electron chi connectivity index (χ0n) is 10.5. The molecule has 100 valence electrons. The Balaban J connectivity index is 1.73. The first-order valence-electron chi connectivity index (χ1n) is 6.06. The fraction of sp³-hybridized carbons (Fsp3) is 0.0714. The maximum absolute atomic E-state index is 12.0. The number of carbonyl (C=O) groups excluding carboxylic acids is 1. The number of para-hydroxylation sites is 1. The molecule has 0 atom stereocenters. The zero-order valence-corrected chi connectivity index (χ0v) is 11.2. The first-order valence-corrected chi connectivity index (χ1v) is 6.44. The molecule has 0 bridgehead atoms. The van der Waals surface area contributed by atoms with E-state index in [0.29, 0.717) is 10.6 Å². The van der Waals surface area contributed by atoms with Crippen LogP contribution in [0.5, 0.6) is 0 Å². The molecule has 1 N–H and O–H groups in total. The minimum Gasteiger partial charge on any atom is -0.333 e. The molecule has 2 aromatic carbocycles. The number of rotatable bonds is 3. The molecule has 0 aliphatic carbocycles. The third-order valence-corrected chi connectivity index (χ3v) is 3.17. The van der Waals surface area contributed by atoms with E-state index in [1.165, 1.54) is 0 Å². The maximum Gasteiger partial charge on any atom is 0.252 e. The molecule has 0 aliphatic heterocycles. The lowest BCUT2D eigenvalue weighted by Gasteiger charge is -2.05. The summed E-state index contributed by atoms with van der Waals surface area (Å²) in [6, 6.07) is 14.3. The van der Waals surface area contributed by atoms with Crippen molar-refractivity contribution in [2.24, 2.45) is 0 Å². The highest BCUT2D eigenvalue weighted by molar-refractivity contribution is 6.30. The molecular weight excluding hydrogens is 276 g/mol. The van der Waals surface area contributed by atoms with Crippen molar-refractivity contribution >= 4 is 28.5 Å². The van der Waals surface area contributed by atoms with Gasteiger partial charge in [-0.1, -0.05) is 28.9 Å². The largest absolute Gasteiger partial charge is 0.333 e. The van der Waals surface area contributed by atoms with Crippen LogP contribution in [0.3, 0.4) is 0 Å². The van der Waals surface area contributed by atoms with Gasteiger partial charge in [-0.25, -0.2) is 4.68 Å². The number of carbonyl (C=O) groups is 1. The highest BCUT2D eigenvalue weighted by atomic mass is 35.5. The van der Waals surface area contributed by atoms with E-state index < -0.39 is 0 Å². The van der Waals surface area contributed by atoms with Gasteiger partial charge in [-0.15, -0.1) is 5.10 Å². The second-order valence-corrected chi connectivity index (χ2v) is 4.69. The van der Waals surface area contributed by atoms with Gasteiger partial charge in [-0.2, -0.15) is 0 Å². The summed E-state index contributed by atoms with van der Waals surface area (Å²) >= 11 is 5.79. The van der Waals surface area contributed by atoms with Crippen molar-refractivity contribution in [3.05, 3.63) is 59.1 Å². The molecule has 0 radical (unpaired) electrons. The van der Waals surface area contributed by atoms with Crippen LogP contribution in [0.1, 0.15) is 10.4 Å². The summed E-state index contributed by atoms with van der Waals surface area (Å²) in [4.78, 5) is 12.0. The van der Waals surface area contributed by atoms with Crippen LogP contribution in [-0.2, 0) is 6.67 Å². The lowest BCUT2D eigenvalue weighted by atomic mass is 10.2. The van der Waals surface area contributed by atoms with E-state index >= 15 is 0 Å². The van der Waals surface area contributed by atoms with E-state index in [-0.39, 0.29) is 12.6 Å². The van der Waals surface area contributed by atoms with Gasteiger partial charge in [-0.05, 0) is 36.4 Å². The molecule has 0 saturated carbocycles. The molecule has 20 heavy (non-hydrogen) atoms. The Bertz CT molecular complexity index is 751. The van der Waals surface area contributed by atoms with Crippen LogP contribution in [-0.4, -0.2) is 20.9 Å². The van der Waals surface area contributed by atoms with Crippen molar-refractivity contribution in [2.75, 3.05) is 0 Å². The van der Waals surface area contributed by atoms with Crippen molar-refractivity contribution < 1.29 is 4.79 Å². The lowest BCUT2D eigenvalue weighted by molar-refractivity contribution is 0.0940. The van der Waals surface area contributed by atoms with Crippen molar-refractivity contribution in [1.29, 1.82) is 0 Å². The third-order valence-electron chi connectivity index (χ3n) is 2.92. The number of hydrogen-bond acceptors (Lipinski definition) is 3. The second-order valence-electron chi connectivity index (χ2n) is 4.25. The summed E-state index contributed by atoms with van der Waals surface area (Å²) in [7, 11) is 0. The highest BCUT2D eigenvalue weighted by Gasteiger charge is 2.07. The molecule has 3 aromatic rings. The van der Waals surface area contributed by atoms with E-state index in [2.05, 4.69) is 15.6 Å². The Morgan fingerprint density at radius 1 is 1.15 bits per heavy atom. The fourth-order valence-corrected chi connectivity index (χ4v) is 2.01. The first-order chi connectivity index (χ1) is 9.74. The number of halogens is 1. The predicted octanol–water partition coefficient (Wildman–Crippen LogP) is 2.47. The first kappa shape index (κ1) is 12.6. The zero-order chi connectivity index (χ0) is 13.9. The van der Waals surface area contributed by atoms with E-state index in [0.717, 1.165) is 11.0 Å². The maximum atomic E-state index is 12.0. The smallest absolute Gasteiger partial charge is 0.252 e. The average Bonchev–Trinajstić information content (AvgIpc) is 2.89. The summed E-state index contributed by atoms with van der Waals surface area (Å²) in [5, 5.41) is 11.4. The highest BCUT2D eigenvalue weighted by Crippen LogP contribution is 2.10. The summed E-state index contributed by atoms with van der Waals surface area (Å²) < 4.78 is 1.64. The topological polar surface area (TPSA) is 59.8 Å². The molecule has 1 aromatic heterocycles.